The summed E-state index contributed by atoms with van der Waals surface area (Å²) in [7, 11) is 0. The normalized spacial score (nSPS) is 10.4. The van der Waals surface area contributed by atoms with E-state index in [1.807, 2.05) is 18.2 Å². The van der Waals surface area contributed by atoms with Gasteiger partial charge in [-0.1, -0.05) is 12.1 Å². The highest BCUT2D eigenvalue weighted by atomic mass is 15.2. The molecular weight excluding hydrogens is 298 g/mol. The maximum absolute atomic E-state index is 4.44. The molecule has 5 nitrogen and oxygen atoms in total. The Bertz CT molecular complexity index is 789. The molecule has 1 aromatic carbocycles. The molecule has 0 aliphatic rings. The molecule has 2 heterocycles. The van der Waals surface area contributed by atoms with Crippen molar-refractivity contribution >= 4 is 17.3 Å². The molecule has 122 valence electrons. The Labute approximate surface area is 142 Å². The quantitative estimate of drug-likeness (QED) is 0.745. The van der Waals surface area contributed by atoms with Crippen LogP contribution in [-0.2, 0) is 6.54 Å². The molecule has 0 bridgehead atoms. The maximum Gasteiger partial charge on any atom is 0.138 e. The zero-order valence-electron chi connectivity index (χ0n) is 14.0. The second-order valence-corrected chi connectivity index (χ2v) is 5.55. The van der Waals surface area contributed by atoms with Crippen molar-refractivity contribution in [1.82, 2.24) is 15.0 Å². The molecule has 3 rings (SSSR count). The van der Waals surface area contributed by atoms with Crippen LogP contribution >= 0.6 is 0 Å². The van der Waals surface area contributed by atoms with Crippen LogP contribution in [0.15, 0.2) is 61.2 Å². The Morgan fingerprint density at radius 1 is 1.04 bits per heavy atom. The Morgan fingerprint density at radius 2 is 1.88 bits per heavy atom. The van der Waals surface area contributed by atoms with Crippen LogP contribution in [0.2, 0.25) is 0 Å². The van der Waals surface area contributed by atoms with E-state index in [9.17, 15) is 0 Å². The summed E-state index contributed by atoms with van der Waals surface area (Å²) in [5.74, 6) is 1.69. The summed E-state index contributed by atoms with van der Waals surface area (Å²) < 4.78 is 0. The van der Waals surface area contributed by atoms with E-state index in [1.165, 1.54) is 5.56 Å². The number of benzene rings is 1. The molecule has 1 N–H and O–H groups in total. The number of aryl methyl sites for hydroxylation is 1. The first-order valence-corrected chi connectivity index (χ1v) is 8.05. The van der Waals surface area contributed by atoms with Crippen LogP contribution < -0.4 is 10.2 Å². The molecule has 3 aromatic rings. The van der Waals surface area contributed by atoms with Gasteiger partial charge in [0.05, 0.1) is 0 Å². The van der Waals surface area contributed by atoms with Gasteiger partial charge in [-0.2, -0.15) is 0 Å². The molecule has 0 aliphatic carbocycles. The van der Waals surface area contributed by atoms with Crippen LogP contribution in [0, 0.1) is 6.92 Å². The van der Waals surface area contributed by atoms with E-state index in [0.717, 1.165) is 29.4 Å². The third-order valence-corrected chi connectivity index (χ3v) is 3.78. The van der Waals surface area contributed by atoms with Gasteiger partial charge in [0.15, 0.2) is 0 Å². The van der Waals surface area contributed by atoms with Crippen molar-refractivity contribution in [2.75, 3.05) is 16.8 Å². The van der Waals surface area contributed by atoms with Gasteiger partial charge in [-0.25, -0.2) is 9.97 Å². The fraction of sp³-hybridized carbons (Fsp3) is 0.211. The van der Waals surface area contributed by atoms with Gasteiger partial charge >= 0.3 is 0 Å². The Balaban J connectivity index is 1.78. The first-order valence-electron chi connectivity index (χ1n) is 8.05. The lowest BCUT2D eigenvalue weighted by Gasteiger charge is -2.22. The summed E-state index contributed by atoms with van der Waals surface area (Å²) in [4.78, 5) is 15.0. The van der Waals surface area contributed by atoms with Crippen molar-refractivity contribution in [2.45, 2.75) is 20.4 Å². The van der Waals surface area contributed by atoms with E-state index in [4.69, 9.17) is 0 Å². The van der Waals surface area contributed by atoms with E-state index >= 15 is 0 Å². The number of pyridine rings is 1. The molecule has 0 saturated carbocycles. The molecule has 24 heavy (non-hydrogen) atoms. The number of anilines is 3. The topological polar surface area (TPSA) is 53.9 Å². The lowest BCUT2D eigenvalue weighted by Crippen LogP contribution is -2.18. The maximum atomic E-state index is 4.44. The van der Waals surface area contributed by atoms with Crippen LogP contribution in [0.4, 0.5) is 17.3 Å². The van der Waals surface area contributed by atoms with Crippen molar-refractivity contribution < 1.29 is 0 Å². The second-order valence-electron chi connectivity index (χ2n) is 5.55. The number of rotatable bonds is 6. The number of nitrogens with zero attached hydrogens (tertiary/aromatic N) is 4. The monoisotopic (exact) mass is 319 g/mol. The van der Waals surface area contributed by atoms with E-state index in [2.05, 4.69) is 63.3 Å². The Kier molecular flexibility index (Phi) is 5.01. The average molecular weight is 319 g/mol. The molecule has 0 radical (unpaired) electrons. The van der Waals surface area contributed by atoms with Crippen LogP contribution in [0.25, 0.3) is 0 Å². The fourth-order valence-electron chi connectivity index (χ4n) is 2.56. The van der Waals surface area contributed by atoms with Gasteiger partial charge in [0, 0.05) is 37.2 Å². The molecule has 0 spiro atoms. The van der Waals surface area contributed by atoms with Crippen LogP contribution in [-0.4, -0.2) is 21.5 Å². The fourth-order valence-corrected chi connectivity index (χ4v) is 2.56. The average Bonchev–Trinajstić information content (AvgIpc) is 2.62. The van der Waals surface area contributed by atoms with E-state index in [-0.39, 0.29) is 0 Å². The van der Waals surface area contributed by atoms with Crippen molar-refractivity contribution in [3.63, 3.8) is 0 Å². The van der Waals surface area contributed by atoms with E-state index < -0.39 is 0 Å². The summed E-state index contributed by atoms with van der Waals surface area (Å²) in [6.45, 7) is 5.76. The number of hydrogen-bond donors (Lipinski definition) is 1. The largest absolute Gasteiger partial charge is 0.366 e. The summed E-state index contributed by atoms with van der Waals surface area (Å²) in [5.41, 5.74) is 3.53. The lowest BCUT2D eigenvalue weighted by molar-refractivity contribution is 0.970. The minimum absolute atomic E-state index is 0.704. The van der Waals surface area contributed by atoms with Crippen LogP contribution in [0.3, 0.4) is 0 Å². The van der Waals surface area contributed by atoms with Gasteiger partial charge in [0.1, 0.15) is 18.0 Å². The summed E-state index contributed by atoms with van der Waals surface area (Å²) >= 11 is 0. The molecule has 0 amide bonds. The van der Waals surface area contributed by atoms with Crippen LogP contribution in [0.1, 0.15) is 18.1 Å². The zero-order valence-corrected chi connectivity index (χ0v) is 14.0. The Morgan fingerprint density at radius 3 is 2.62 bits per heavy atom. The number of aromatic nitrogens is 3. The molecule has 0 atom stereocenters. The van der Waals surface area contributed by atoms with Gasteiger partial charge in [-0.15, -0.1) is 0 Å². The van der Waals surface area contributed by atoms with Crippen molar-refractivity contribution in [1.29, 1.82) is 0 Å². The number of nitrogens with one attached hydrogen (secondary N) is 1. The summed E-state index contributed by atoms with van der Waals surface area (Å²) in [5, 5.41) is 3.34. The first kappa shape index (κ1) is 15.9. The highest BCUT2D eigenvalue weighted by molar-refractivity contribution is 5.62. The highest BCUT2D eigenvalue weighted by Gasteiger charge is 2.10. The first-order chi connectivity index (χ1) is 11.8. The highest BCUT2D eigenvalue weighted by Crippen LogP contribution is 2.25. The van der Waals surface area contributed by atoms with Crippen LogP contribution in [0.5, 0.6) is 0 Å². The molecule has 0 unspecified atom stereocenters. The van der Waals surface area contributed by atoms with Gasteiger partial charge in [-0.05, 0) is 49.2 Å². The predicted octanol–water partition coefficient (Wildman–Crippen LogP) is 3.95. The summed E-state index contributed by atoms with van der Waals surface area (Å²) in [6.07, 6.45) is 5.18. The standard InChI is InChI=1S/C19H21N5/c1-3-24(17-6-4-5-15(2)11-17)19-12-18(22-14-23-19)21-13-16-7-9-20-10-8-16/h4-12,14H,3,13H2,1-2H3,(H,21,22,23). The molecule has 0 fully saturated rings. The zero-order chi connectivity index (χ0) is 16.8. The van der Waals surface area contributed by atoms with Gasteiger partial charge in [0.2, 0.25) is 0 Å². The third-order valence-electron chi connectivity index (χ3n) is 3.78. The molecule has 0 saturated heterocycles. The second kappa shape index (κ2) is 7.55. The molecule has 0 aliphatic heterocycles. The van der Waals surface area contributed by atoms with E-state index in [1.54, 1.807) is 18.7 Å². The minimum atomic E-state index is 0.704. The SMILES string of the molecule is CCN(c1cccc(C)c1)c1cc(NCc2ccncc2)ncn1. The molecule has 2 aromatic heterocycles. The van der Waals surface area contributed by atoms with Gasteiger partial charge < -0.3 is 10.2 Å². The predicted molar refractivity (Wildman–Crippen MR) is 97.5 cm³/mol. The van der Waals surface area contributed by atoms with Crippen molar-refractivity contribution in [2.24, 2.45) is 0 Å². The Hall–Kier alpha value is -2.95. The van der Waals surface area contributed by atoms with Gasteiger partial charge in [-0.3, -0.25) is 4.98 Å². The van der Waals surface area contributed by atoms with E-state index in [0.29, 0.717) is 6.54 Å². The number of hydrogen-bond acceptors (Lipinski definition) is 5. The van der Waals surface area contributed by atoms with Crippen molar-refractivity contribution in [3.8, 4) is 0 Å². The molecular formula is C19H21N5. The lowest BCUT2D eigenvalue weighted by atomic mass is 10.2. The summed E-state index contributed by atoms with van der Waals surface area (Å²) in [6, 6.07) is 14.4. The smallest absolute Gasteiger partial charge is 0.138 e. The van der Waals surface area contributed by atoms with Gasteiger partial charge in [0.25, 0.3) is 0 Å². The van der Waals surface area contributed by atoms with Crippen molar-refractivity contribution in [3.05, 3.63) is 72.3 Å². The third kappa shape index (κ3) is 3.87. The minimum Gasteiger partial charge on any atom is -0.366 e. The molecule has 5 heteroatoms.